The summed E-state index contributed by atoms with van der Waals surface area (Å²) in [7, 11) is 3.22. The lowest BCUT2D eigenvalue weighted by atomic mass is 10.1. The third-order valence-electron chi connectivity index (χ3n) is 1.88. The van der Waals surface area contributed by atoms with Crippen LogP contribution in [0.15, 0.2) is 12.2 Å². The van der Waals surface area contributed by atoms with Crippen molar-refractivity contribution in [2.75, 3.05) is 34.2 Å². The maximum atomic E-state index is 10.5. The summed E-state index contributed by atoms with van der Waals surface area (Å²) in [6, 6.07) is 0. The minimum absolute atomic E-state index is 0.241. The molecule has 0 saturated carbocycles. The second kappa shape index (κ2) is 8.40. The van der Waals surface area contributed by atoms with Gasteiger partial charge < -0.3 is 14.6 Å². The molecule has 0 heterocycles. The van der Waals surface area contributed by atoms with Gasteiger partial charge in [0.15, 0.2) is 0 Å². The summed E-state index contributed by atoms with van der Waals surface area (Å²) in [6.45, 7) is 5.15. The topological polar surface area (TPSA) is 59.0 Å². The molecule has 0 aliphatic rings. The number of aliphatic carboxylic acids is 1. The van der Waals surface area contributed by atoms with E-state index in [-0.39, 0.29) is 5.57 Å². The van der Waals surface area contributed by atoms with Crippen molar-refractivity contribution < 1.29 is 19.4 Å². The van der Waals surface area contributed by atoms with E-state index in [1.54, 1.807) is 14.2 Å². The molecule has 0 spiro atoms. The van der Waals surface area contributed by atoms with E-state index >= 15 is 0 Å². The molecule has 0 bridgehead atoms. The number of hydrogen-bond acceptors (Lipinski definition) is 4. The van der Waals surface area contributed by atoms with Crippen molar-refractivity contribution in [2.45, 2.75) is 12.8 Å². The van der Waals surface area contributed by atoms with Crippen molar-refractivity contribution in [1.82, 2.24) is 4.90 Å². The smallest absolute Gasteiger partial charge is 0.330 e. The molecule has 15 heavy (non-hydrogen) atoms. The molecule has 5 nitrogen and oxygen atoms in total. The van der Waals surface area contributed by atoms with Crippen LogP contribution in [-0.4, -0.2) is 50.2 Å². The Morgan fingerprint density at radius 2 is 1.87 bits per heavy atom. The number of rotatable bonds is 9. The second-order valence-electron chi connectivity index (χ2n) is 3.24. The Morgan fingerprint density at radius 3 is 2.27 bits per heavy atom. The molecule has 0 atom stereocenters. The number of methoxy groups -OCH3 is 2. The Hall–Kier alpha value is -0.910. The number of ether oxygens (including phenoxy) is 2. The van der Waals surface area contributed by atoms with E-state index in [2.05, 4.69) is 6.58 Å². The summed E-state index contributed by atoms with van der Waals surface area (Å²) in [5.74, 6) is -0.931. The molecule has 1 N–H and O–H groups in total. The number of carboxylic acid groups (broad SMARTS) is 1. The standard InChI is InChI=1S/C10H19NO4/c1-9(10(12)13)5-4-6-11(7-14-2)8-15-3/h1,4-8H2,2-3H3,(H,12,13). The largest absolute Gasteiger partial charge is 0.478 e. The quantitative estimate of drug-likeness (QED) is 0.459. The fourth-order valence-electron chi connectivity index (χ4n) is 1.15. The molecule has 0 aromatic carbocycles. The zero-order valence-electron chi connectivity index (χ0n) is 9.36. The van der Waals surface area contributed by atoms with Crippen molar-refractivity contribution in [3.05, 3.63) is 12.2 Å². The van der Waals surface area contributed by atoms with E-state index in [0.29, 0.717) is 19.9 Å². The van der Waals surface area contributed by atoms with E-state index in [1.165, 1.54) is 0 Å². The number of carbonyl (C=O) groups is 1. The molecule has 0 aromatic rings. The summed E-state index contributed by atoms with van der Waals surface area (Å²) in [5.41, 5.74) is 0.241. The molecular formula is C10H19NO4. The van der Waals surface area contributed by atoms with Gasteiger partial charge in [-0.2, -0.15) is 0 Å². The van der Waals surface area contributed by atoms with E-state index in [4.69, 9.17) is 14.6 Å². The predicted octanol–water partition coefficient (Wildman–Crippen LogP) is 0.917. The first-order valence-electron chi connectivity index (χ1n) is 4.73. The number of hydrogen-bond donors (Lipinski definition) is 1. The van der Waals surface area contributed by atoms with Gasteiger partial charge in [0, 0.05) is 26.3 Å². The van der Waals surface area contributed by atoms with Gasteiger partial charge in [-0.05, 0) is 12.8 Å². The van der Waals surface area contributed by atoms with Gasteiger partial charge in [0.1, 0.15) is 13.5 Å². The first-order chi connectivity index (χ1) is 7.11. The van der Waals surface area contributed by atoms with Crippen LogP contribution in [0.2, 0.25) is 0 Å². The molecule has 0 saturated heterocycles. The van der Waals surface area contributed by atoms with E-state index in [0.717, 1.165) is 13.0 Å². The van der Waals surface area contributed by atoms with Crippen LogP contribution >= 0.6 is 0 Å². The maximum Gasteiger partial charge on any atom is 0.330 e. The molecular weight excluding hydrogens is 198 g/mol. The van der Waals surface area contributed by atoms with Crippen LogP contribution < -0.4 is 0 Å². The Bertz CT molecular complexity index is 200. The van der Waals surface area contributed by atoms with Crippen LogP contribution in [0.3, 0.4) is 0 Å². The number of nitrogens with zero attached hydrogens (tertiary/aromatic N) is 1. The Balaban J connectivity index is 3.69. The van der Waals surface area contributed by atoms with Gasteiger partial charge in [0.2, 0.25) is 0 Å². The lowest BCUT2D eigenvalue weighted by Gasteiger charge is -2.19. The third kappa shape index (κ3) is 7.07. The molecule has 0 fully saturated rings. The minimum Gasteiger partial charge on any atom is -0.478 e. The highest BCUT2D eigenvalue weighted by Crippen LogP contribution is 2.04. The van der Waals surface area contributed by atoms with Crippen LogP contribution in [0, 0.1) is 0 Å². The van der Waals surface area contributed by atoms with Crippen LogP contribution in [0.5, 0.6) is 0 Å². The molecule has 5 heteroatoms. The Labute approximate surface area is 90.3 Å². The van der Waals surface area contributed by atoms with Gasteiger partial charge >= 0.3 is 5.97 Å². The van der Waals surface area contributed by atoms with Gasteiger partial charge in [-0.1, -0.05) is 6.58 Å². The molecule has 0 unspecified atom stereocenters. The minimum atomic E-state index is -0.931. The average molecular weight is 217 g/mol. The van der Waals surface area contributed by atoms with Crippen molar-refractivity contribution in [2.24, 2.45) is 0 Å². The zero-order valence-corrected chi connectivity index (χ0v) is 9.36. The average Bonchev–Trinajstić information content (AvgIpc) is 2.18. The first kappa shape index (κ1) is 14.1. The first-order valence-corrected chi connectivity index (χ1v) is 4.73. The van der Waals surface area contributed by atoms with E-state index in [1.807, 2.05) is 4.90 Å². The highest BCUT2D eigenvalue weighted by Gasteiger charge is 2.06. The lowest BCUT2D eigenvalue weighted by Crippen LogP contribution is -2.29. The molecule has 0 aromatic heterocycles. The van der Waals surface area contributed by atoms with Gasteiger partial charge in [-0.15, -0.1) is 0 Å². The third-order valence-corrected chi connectivity index (χ3v) is 1.88. The van der Waals surface area contributed by atoms with Gasteiger partial charge in [-0.3, -0.25) is 4.90 Å². The van der Waals surface area contributed by atoms with E-state index in [9.17, 15) is 4.79 Å². The molecule has 88 valence electrons. The molecule has 0 aliphatic heterocycles. The molecule has 0 radical (unpaired) electrons. The van der Waals surface area contributed by atoms with Gasteiger partial charge in [0.05, 0.1) is 0 Å². The summed E-state index contributed by atoms with van der Waals surface area (Å²) in [5, 5.41) is 8.59. The van der Waals surface area contributed by atoms with Crippen molar-refractivity contribution >= 4 is 5.97 Å². The van der Waals surface area contributed by atoms with Crippen molar-refractivity contribution in [3.63, 3.8) is 0 Å². The molecule has 0 aliphatic carbocycles. The maximum absolute atomic E-state index is 10.5. The fourth-order valence-corrected chi connectivity index (χ4v) is 1.15. The normalized spacial score (nSPS) is 10.6. The van der Waals surface area contributed by atoms with Crippen LogP contribution in [0.4, 0.5) is 0 Å². The van der Waals surface area contributed by atoms with Crippen molar-refractivity contribution in [1.29, 1.82) is 0 Å². The molecule has 0 amide bonds. The summed E-state index contributed by atoms with van der Waals surface area (Å²) in [4.78, 5) is 12.4. The van der Waals surface area contributed by atoms with Crippen LogP contribution in [0.1, 0.15) is 12.8 Å². The predicted molar refractivity (Wildman–Crippen MR) is 56.5 cm³/mol. The highest BCUT2D eigenvalue weighted by atomic mass is 16.5. The van der Waals surface area contributed by atoms with E-state index < -0.39 is 5.97 Å². The van der Waals surface area contributed by atoms with Gasteiger partial charge in [-0.25, -0.2) is 4.79 Å². The lowest BCUT2D eigenvalue weighted by molar-refractivity contribution is -0.132. The summed E-state index contributed by atoms with van der Waals surface area (Å²) in [6.07, 6.45) is 1.22. The fraction of sp³-hybridized carbons (Fsp3) is 0.700. The van der Waals surface area contributed by atoms with Crippen molar-refractivity contribution in [3.8, 4) is 0 Å². The van der Waals surface area contributed by atoms with Gasteiger partial charge in [0.25, 0.3) is 0 Å². The summed E-state index contributed by atoms with van der Waals surface area (Å²) >= 11 is 0. The molecule has 0 rings (SSSR count). The SMILES string of the molecule is C=C(CCCN(COC)COC)C(=O)O. The Morgan fingerprint density at radius 1 is 1.33 bits per heavy atom. The van der Waals surface area contributed by atoms with Crippen LogP contribution in [-0.2, 0) is 14.3 Å². The van der Waals surface area contributed by atoms with Crippen LogP contribution in [0.25, 0.3) is 0 Å². The second-order valence-corrected chi connectivity index (χ2v) is 3.24. The monoisotopic (exact) mass is 217 g/mol. The number of carboxylic acids is 1. The zero-order chi connectivity index (χ0) is 11.7. The Kier molecular flexibility index (Phi) is 7.89. The summed E-state index contributed by atoms with van der Waals surface area (Å²) < 4.78 is 9.94. The highest BCUT2D eigenvalue weighted by molar-refractivity contribution is 5.85.